The summed E-state index contributed by atoms with van der Waals surface area (Å²) in [5, 5.41) is 3.52. The standard InChI is InChI=1S/C17H33N3O2/c1-17(2,3)22-16(21)20-13-6-8-15(20)14-18-9-7-12-19-10-4-5-11-19/h15,18H,4-14H2,1-3H3. The summed E-state index contributed by atoms with van der Waals surface area (Å²) in [6.07, 6.45) is 5.92. The number of amides is 1. The molecule has 2 heterocycles. The molecular formula is C17H33N3O2. The van der Waals surface area contributed by atoms with Crippen LogP contribution in [0.25, 0.3) is 0 Å². The highest BCUT2D eigenvalue weighted by atomic mass is 16.6. The van der Waals surface area contributed by atoms with E-state index in [2.05, 4.69) is 10.2 Å². The zero-order valence-electron chi connectivity index (χ0n) is 14.6. The van der Waals surface area contributed by atoms with Crippen LogP contribution in [0.15, 0.2) is 0 Å². The molecule has 2 rings (SSSR count). The van der Waals surface area contributed by atoms with Gasteiger partial charge in [-0.3, -0.25) is 0 Å². The van der Waals surface area contributed by atoms with E-state index in [0.29, 0.717) is 6.04 Å². The van der Waals surface area contributed by atoms with E-state index in [1.165, 1.54) is 38.9 Å². The summed E-state index contributed by atoms with van der Waals surface area (Å²) in [4.78, 5) is 16.7. The largest absolute Gasteiger partial charge is 0.444 e. The van der Waals surface area contributed by atoms with Gasteiger partial charge in [0, 0.05) is 19.1 Å². The summed E-state index contributed by atoms with van der Waals surface area (Å²) in [7, 11) is 0. The predicted molar refractivity (Wildman–Crippen MR) is 89.1 cm³/mol. The molecule has 2 aliphatic heterocycles. The predicted octanol–water partition coefficient (Wildman–Crippen LogP) is 2.46. The van der Waals surface area contributed by atoms with Gasteiger partial charge in [-0.25, -0.2) is 4.79 Å². The van der Waals surface area contributed by atoms with Crippen molar-refractivity contribution >= 4 is 6.09 Å². The minimum Gasteiger partial charge on any atom is -0.444 e. The fraction of sp³-hybridized carbons (Fsp3) is 0.941. The normalized spacial score (nSPS) is 23.2. The molecule has 1 N–H and O–H groups in total. The van der Waals surface area contributed by atoms with Crippen molar-refractivity contribution in [2.75, 3.05) is 39.3 Å². The molecular weight excluding hydrogens is 278 g/mol. The summed E-state index contributed by atoms with van der Waals surface area (Å²) >= 11 is 0. The van der Waals surface area contributed by atoms with Crippen molar-refractivity contribution in [3.63, 3.8) is 0 Å². The number of carbonyl (C=O) groups excluding carboxylic acids is 1. The summed E-state index contributed by atoms with van der Waals surface area (Å²) in [5.74, 6) is 0. The Labute approximate surface area is 135 Å². The van der Waals surface area contributed by atoms with E-state index >= 15 is 0 Å². The third-order valence-electron chi connectivity index (χ3n) is 4.41. The van der Waals surface area contributed by atoms with E-state index in [1.807, 2.05) is 25.7 Å². The van der Waals surface area contributed by atoms with E-state index in [1.54, 1.807) is 0 Å². The Bertz CT molecular complexity index is 348. The summed E-state index contributed by atoms with van der Waals surface area (Å²) in [5.41, 5.74) is -0.409. The Hall–Kier alpha value is -0.810. The van der Waals surface area contributed by atoms with Gasteiger partial charge >= 0.3 is 6.09 Å². The molecule has 2 saturated heterocycles. The number of hydrogen-bond acceptors (Lipinski definition) is 4. The van der Waals surface area contributed by atoms with Gasteiger partial charge in [-0.1, -0.05) is 0 Å². The summed E-state index contributed by atoms with van der Waals surface area (Å²) in [6.45, 7) is 12.3. The van der Waals surface area contributed by atoms with Gasteiger partial charge in [-0.15, -0.1) is 0 Å². The average molecular weight is 311 g/mol. The molecule has 0 saturated carbocycles. The van der Waals surface area contributed by atoms with Gasteiger partial charge in [-0.05, 0) is 79.1 Å². The maximum absolute atomic E-state index is 12.2. The van der Waals surface area contributed by atoms with E-state index < -0.39 is 5.60 Å². The first-order chi connectivity index (χ1) is 10.5. The smallest absolute Gasteiger partial charge is 0.410 e. The van der Waals surface area contributed by atoms with Crippen LogP contribution in [0.5, 0.6) is 0 Å². The quantitative estimate of drug-likeness (QED) is 0.765. The average Bonchev–Trinajstić information content (AvgIpc) is 3.06. The van der Waals surface area contributed by atoms with Crippen LogP contribution in [-0.4, -0.2) is 66.8 Å². The lowest BCUT2D eigenvalue weighted by Gasteiger charge is -2.28. The molecule has 5 heteroatoms. The zero-order chi connectivity index (χ0) is 16.0. The lowest BCUT2D eigenvalue weighted by Crippen LogP contribution is -2.44. The van der Waals surface area contributed by atoms with Gasteiger partial charge in [0.15, 0.2) is 0 Å². The first kappa shape index (κ1) is 17.5. The van der Waals surface area contributed by atoms with Crippen LogP contribution < -0.4 is 5.32 Å². The van der Waals surface area contributed by atoms with E-state index in [-0.39, 0.29) is 6.09 Å². The molecule has 128 valence electrons. The molecule has 0 aromatic rings. The Balaban J connectivity index is 1.62. The topological polar surface area (TPSA) is 44.8 Å². The molecule has 0 aliphatic carbocycles. The fourth-order valence-electron chi connectivity index (χ4n) is 3.31. The third kappa shape index (κ3) is 5.76. The van der Waals surface area contributed by atoms with E-state index in [9.17, 15) is 4.79 Å². The monoisotopic (exact) mass is 311 g/mol. The number of nitrogens with zero attached hydrogens (tertiary/aromatic N) is 2. The summed E-state index contributed by atoms with van der Waals surface area (Å²) in [6, 6.07) is 0.293. The molecule has 0 radical (unpaired) electrons. The Morgan fingerprint density at radius 1 is 1.18 bits per heavy atom. The van der Waals surface area contributed by atoms with Crippen molar-refractivity contribution < 1.29 is 9.53 Å². The second kappa shape index (κ2) is 8.16. The number of likely N-dealkylation sites (tertiary alicyclic amines) is 2. The molecule has 0 spiro atoms. The van der Waals surface area contributed by atoms with Crippen LogP contribution in [0.2, 0.25) is 0 Å². The van der Waals surface area contributed by atoms with Gasteiger partial charge in [0.1, 0.15) is 5.60 Å². The Morgan fingerprint density at radius 3 is 2.59 bits per heavy atom. The molecule has 22 heavy (non-hydrogen) atoms. The Kier molecular flexibility index (Phi) is 6.50. The lowest BCUT2D eigenvalue weighted by atomic mass is 10.2. The molecule has 1 atom stereocenters. The highest BCUT2D eigenvalue weighted by Crippen LogP contribution is 2.20. The van der Waals surface area contributed by atoms with Gasteiger partial charge in [0.2, 0.25) is 0 Å². The maximum atomic E-state index is 12.2. The number of hydrogen-bond donors (Lipinski definition) is 1. The second-order valence-electron chi connectivity index (χ2n) is 7.58. The van der Waals surface area contributed by atoms with Crippen LogP contribution in [0.3, 0.4) is 0 Å². The van der Waals surface area contributed by atoms with Gasteiger partial charge in [0.25, 0.3) is 0 Å². The second-order valence-corrected chi connectivity index (χ2v) is 7.58. The first-order valence-corrected chi connectivity index (χ1v) is 8.88. The van der Waals surface area contributed by atoms with E-state index in [0.717, 1.165) is 32.5 Å². The fourth-order valence-corrected chi connectivity index (χ4v) is 3.31. The molecule has 2 fully saturated rings. The highest BCUT2D eigenvalue weighted by molar-refractivity contribution is 5.69. The lowest BCUT2D eigenvalue weighted by molar-refractivity contribution is 0.0226. The number of nitrogens with one attached hydrogen (secondary N) is 1. The molecule has 1 unspecified atom stereocenters. The molecule has 5 nitrogen and oxygen atoms in total. The molecule has 1 amide bonds. The SMILES string of the molecule is CC(C)(C)OC(=O)N1CCCC1CNCCCN1CCCC1. The van der Waals surface area contributed by atoms with Gasteiger partial charge in [0.05, 0.1) is 0 Å². The van der Waals surface area contributed by atoms with Gasteiger partial charge < -0.3 is 19.9 Å². The van der Waals surface area contributed by atoms with Crippen molar-refractivity contribution in [3.05, 3.63) is 0 Å². The zero-order valence-corrected chi connectivity index (χ0v) is 14.6. The highest BCUT2D eigenvalue weighted by Gasteiger charge is 2.31. The third-order valence-corrected chi connectivity index (χ3v) is 4.41. The summed E-state index contributed by atoms with van der Waals surface area (Å²) < 4.78 is 5.50. The van der Waals surface area contributed by atoms with Crippen molar-refractivity contribution in [1.29, 1.82) is 0 Å². The molecule has 0 aromatic heterocycles. The molecule has 0 aromatic carbocycles. The number of rotatable bonds is 6. The van der Waals surface area contributed by atoms with Crippen molar-refractivity contribution in [2.45, 2.75) is 64.5 Å². The minimum absolute atomic E-state index is 0.158. The Morgan fingerprint density at radius 2 is 1.91 bits per heavy atom. The van der Waals surface area contributed by atoms with Crippen LogP contribution in [0.4, 0.5) is 4.79 Å². The van der Waals surface area contributed by atoms with Crippen molar-refractivity contribution in [2.24, 2.45) is 0 Å². The first-order valence-electron chi connectivity index (χ1n) is 8.88. The number of carbonyl (C=O) groups is 1. The van der Waals surface area contributed by atoms with Crippen LogP contribution in [-0.2, 0) is 4.74 Å². The molecule has 0 bridgehead atoms. The van der Waals surface area contributed by atoms with Gasteiger partial charge in [-0.2, -0.15) is 0 Å². The van der Waals surface area contributed by atoms with Crippen LogP contribution in [0, 0.1) is 0 Å². The van der Waals surface area contributed by atoms with E-state index in [4.69, 9.17) is 4.74 Å². The minimum atomic E-state index is -0.409. The number of ether oxygens (including phenoxy) is 1. The van der Waals surface area contributed by atoms with Crippen molar-refractivity contribution in [1.82, 2.24) is 15.1 Å². The van der Waals surface area contributed by atoms with Crippen LogP contribution in [0.1, 0.15) is 52.9 Å². The van der Waals surface area contributed by atoms with Crippen LogP contribution >= 0.6 is 0 Å². The van der Waals surface area contributed by atoms with Crippen molar-refractivity contribution in [3.8, 4) is 0 Å². The maximum Gasteiger partial charge on any atom is 0.410 e. The molecule has 2 aliphatic rings.